The van der Waals surface area contributed by atoms with E-state index in [1.165, 1.54) is 18.2 Å². The summed E-state index contributed by atoms with van der Waals surface area (Å²) in [7, 11) is 0. The van der Waals surface area contributed by atoms with E-state index in [-0.39, 0.29) is 47.7 Å². The van der Waals surface area contributed by atoms with Crippen molar-refractivity contribution in [2.75, 3.05) is 31.5 Å². The lowest BCUT2D eigenvalue weighted by molar-refractivity contribution is -0.135. The Morgan fingerprint density at radius 3 is 1.96 bits per heavy atom. The van der Waals surface area contributed by atoms with E-state index < -0.39 is 24.0 Å². The Bertz CT molecular complexity index is 1660. The number of carbonyl (C=O) groups is 4. The number of carbonyl (C=O) groups excluding carboxylic acids is 3. The van der Waals surface area contributed by atoms with Gasteiger partial charge in [-0.3, -0.25) is 14.5 Å². The molecule has 4 aromatic rings. The minimum Gasteiger partial charge on any atom is -0.478 e. The molecule has 0 aromatic heterocycles. The number of alkyl carbamates (subject to hydrolysis) is 1. The molecule has 3 amide bonds. The van der Waals surface area contributed by atoms with Gasteiger partial charge in [0, 0.05) is 37.6 Å². The first-order chi connectivity index (χ1) is 23.3. The number of carboxylic acid groups (broad SMARTS) is 1. The molecule has 48 heavy (non-hydrogen) atoms. The first-order valence-electron chi connectivity index (χ1n) is 15.7. The lowest BCUT2D eigenvalue weighted by Crippen LogP contribution is -2.55. The standard InChI is InChI=1S/C37H37ClN4O6/c38-29-16-17-31(30(24-29)36(45)46)39-33(43)19-18-32(40-37(47)48-25-26-10-4-1-5-11-26)35(44)42-22-20-41(21-23-42)34(27-12-6-2-7-13-27)28-14-8-3-9-15-28/h1-17,24,32,34H,18-23,25H2,(H,39,43)(H,40,47)(H,45,46). The topological polar surface area (TPSA) is 128 Å². The molecular weight excluding hydrogens is 632 g/mol. The number of nitrogens with one attached hydrogen (secondary N) is 2. The second-order valence-corrected chi connectivity index (χ2v) is 11.9. The smallest absolute Gasteiger partial charge is 0.408 e. The Balaban J connectivity index is 1.26. The lowest BCUT2D eigenvalue weighted by atomic mass is 9.96. The molecule has 4 aromatic carbocycles. The van der Waals surface area contributed by atoms with Gasteiger partial charge in [-0.2, -0.15) is 0 Å². The van der Waals surface area contributed by atoms with E-state index in [4.69, 9.17) is 16.3 Å². The van der Waals surface area contributed by atoms with Gasteiger partial charge in [-0.1, -0.05) is 103 Å². The molecule has 1 heterocycles. The number of amides is 3. The van der Waals surface area contributed by atoms with Crippen LogP contribution < -0.4 is 10.6 Å². The van der Waals surface area contributed by atoms with Gasteiger partial charge in [0.25, 0.3) is 0 Å². The number of carboxylic acids is 1. The van der Waals surface area contributed by atoms with Crippen molar-refractivity contribution in [1.82, 2.24) is 15.1 Å². The highest BCUT2D eigenvalue weighted by Gasteiger charge is 2.32. The molecule has 1 aliphatic rings. The maximum atomic E-state index is 13.9. The van der Waals surface area contributed by atoms with Crippen molar-refractivity contribution in [1.29, 1.82) is 0 Å². The zero-order valence-corrected chi connectivity index (χ0v) is 27.0. The van der Waals surface area contributed by atoms with E-state index in [0.717, 1.165) is 16.7 Å². The zero-order chi connectivity index (χ0) is 33.9. The van der Waals surface area contributed by atoms with Gasteiger partial charge < -0.3 is 25.4 Å². The molecule has 1 unspecified atom stereocenters. The average molecular weight is 669 g/mol. The molecular formula is C37H37ClN4O6. The van der Waals surface area contributed by atoms with E-state index in [2.05, 4.69) is 39.8 Å². The van der Waals surface area contributed by atoms with Crippen molar-refractivity contribution in [2.24, 2.45) is 0 Å². The van der Waals surface area contributed by atoms with Gasteiger partial charge in [0.1, 0.15) is 12.6 Å². The Labute approximate surface area is 284 Å². The largest absolute Gasteiger partial charge is 0.478 e. The number of hydrogen-bond donors (Lipinski definition) is 3. The minimum absolute atomic E-state index is 0.0128. The summed E-state index contributed by atoms with van der Waals surface area (Å²) in [5, 5.41) is 15.0. The number of benzene rings is 4. The highest BCUT2D eigenvalue weighted by Crippen LogP contribution is 2.29. The first kappa shape index (κ1) is 34.2. The predicted molar refractivity (Wildman–Crippen MR) is 183 cm³/mol. The van der Waals surface area contributed by atoms with Crippen molar-refractivity contribution in [2.45, 2.75) is 31.5 Å². The summed E-state index contributed by atoms with van der Waals surface area (Å²) in [6.07, 6.45) is -0.977. The van der Waals surface area contributed by atoms with Crippen LogP contribution in [0, 0.1) is 0 Å². The van der Waals surface area contributed by atoms with Crippen LogP contribution in [0.4, 0.5) is 10.5 Å². The fourth-order valence-corrected chi connectivity index (χ4v) is 5.93. The van der Waals surface area contributed by atoms with Crippen LogP contribution in [-0.4, -0.2) is 71.0 Å². The van der Waals surface area contributed by atoms with E-state index in [1.54, 1.807) is 4.90 Å². The SMILES string of the molecule is O=C(CCC(NC(=O)OCc1ccccc1)C(=O)N1CCN(C(c2ccccc2)c2ccccc2)CC1)Nc1ccc(Cl)cc1C(=O)O. The van der Waals surface area contributed by atoms with Gasteiger partial charge in [0.2, 0.25) is 11.8 Å². The maximum absolute atomic E-state index is 13.9. The van der Waals surface area contributed by atoms with Crippen LogP contribution in [0.15, 0.2) is 109 Å². The number of aromatic carboxylic acids is 1. The number of nitrogens with zero attached hydrogens (tertiary/aromatic N) is 2. The summed E-state index contributed by atoms with van der Waals surface area (Å²) < 4.78 is 5.39. The van der Waals surface area contributed by atoms with E-state index in [0.29, 0.717) is 26.2 Å². The summed E-state index contributed by atoms with van der Waals surface area (Å²) in [5.74, 6) is -2.09. The minimum atomic E-state index is -1.25. The molecule has 0 bridgehead atoms. The van der Waals surface area contributed by atoms with Crippen molar-refractivity contribution in [3.8, 4) is 0 Å². The quantitative estimate of drug-likeness (QED) is 0.169. The highest BCUT2D eigenvalue weighted by molar-refractivity contribution is 6.31. The predicted octanol–water partition coefficient (Wildman–Crippen LogP) is 5.99. The van der Waals surface area contributed by atoms with Gasteiger partial charge in [-0.05, 0) is 41.3 Å². The van der Waals surface area contributed by atoms with Crippen LogP contribution in [0.25, 0.3) is 0 Å². The third kappa shape index (κ3) is 9.21. The molecule has 0 spiro atoms. The molecule has 5 rings (SSSR count). The molecule has 1 atom stereocenters. The van der Waals surface area contributed by atoms with Crippen molar-refractivity contribution >= 4 is 41.2 Å². The molecule has 1 aliphatic heterocycles. The maximum Gasteiger partial charge on any atom is 0.408 e. The van der Waals surface area contributed by atoms with Gasteiger partial charge in [-0.15, -0.1) is 0 Å². The summed E-state index contributed by atoms with van der Waals surface area (Å²) in [5.41, 5.74) is 3.02. The Morgan fingerprint density at radius 2 is 1.38 bits per heavy atom. The second kappa shape index (κ2) is 16.6. The van der Waals surface area contributed by atoms with Crippen molar-refractivity contribution in [3.63, 3.8) is 0 Å². The number of piperazine rings is 1. The number of halogens is 1. The third-order valence-corrected chi connectivity index (χ3v) is 8.41. The van der Waals surface area contributed by atoms with Gasteiger partial charge >= 0.3 is 12.1 Å². The average Bonchev–Trinajstić information content (AvgIpc) is 3.11. The number of anilines is 1. The molecule has 0 saturated carbocycles. The summed E-state index contributed by atoms with van der Waals surface area (Å²) in [6.45, 7) is 2.05. The summed E-state index contributed by atoms with van der Waals surface area (Å²) in [6, 6.07) is 32.7. The third-order valence-electron chi connectivity index (χ3n) is 8.17. The van der Waals surface area contributed by atoms with Gasteiger partial charge in [0.05, 0.1) is 17.3 Å². The second-order valence-electron chi connectivity index (χ2n) is 11.4. The molecule has 3 N–H and O–H groups in total. The van der Waals surface area contributed by atoms with Gasteiger partial charge in [0.15, 0.2) is 0 Å². The van der Waals surface area contributed by atoms with Crippen LogP contribution in [0.1, 0.15) is 45.9 Å². The summed E-state index contributed by atoms with van der Waals surface area (Å²) >= 11 is 5.94. The first-order valence-corrected chi connectivity index (χ1v) is 16.1. The number of ether oxygens (including phenoxy) is 1. The molecule has 248 valence electrons. The van der Waals surface area contributed by atoms with Crippen LogP contribution in [0.3, 0.4) is 0 Å². The molecule has 10 nitrogen and oxygen atoms in total. The fraction of sp³-hybridized carbons (Fsp3) is 0.243. The Hall–Kier alpha value is -5.19. The fourth-order valence-electron chi connectivity index (χ4n) is 5.76. The monoisotopic (exact) mass is 668 g/mol. The van der Waals surface area contributed by atoms with Crippen molar-refractivity contribution < 1.29 is 29.0 Å². The molecule has 0 aliphatic carbocycles. The van der Waals surface area contributed by atoms with Crippen LogP contribution in [0.5, 0.6) is 0 Å². The Morgan fingerprint density at radius 1 is 0.792 bits per heavy atom. The van der Waals surface area contributed by atoms with E-state index in [9.17, 15) is 24.3 Å². The van der Waals surface area contributed by atoms with Crippen LogP contribution in [0.2, 0.25) is 5.02 Å². The van der Waals surface area contributed by atoms with Crippen molar-refractivity contribution in [3.05, 3.63) is 136 Å². The summed E-state index contributed by atoms with van der Waals surface area (Å²) in [4.78, 5) is 55.4. The highest BCUT2D eigenvalue weighted by atomic mass is 35.5. The van der Waals surface area contributed by atoms with Gasteiger partial charge in [-0.25, -0.2) is 9.59 Å². The van der Waals surface area contributed by atoms with Crippen LogP contribution >= 0.6 is 11.6 Å². The Kier molecular flexibility index (Phi) is 11.8. The number of rotatable bonds is 12. The van der Waals surface area contributed by atoms with E-state index >= 15 is 0 Å². The molecule has 1 fully saturated rings. The molecule has 0 radical (unpaired) electrons. The lowest BCUT2D eigenvalue weighted by Gasteiger charge is -2.40. The van der Waals surface area contributed by atoms with Crippen LogP contribution in [-0.2, 0) is 20.9 Å². The molecule has 11 heteroatoms. The zero-order valence-electron chi connectivity index (χ0n) is 26.3. The molecule has 1 saturated heterocycles. The normalized spacial score (nSPS) is 13.8. The number of hydrogen-bond acceptors (Lipinski definition) is 6. The van der Waals surface area contributed by atoms with E-state index in [1.807, 2.05) is 66.7 Å².